The van der Waals surface area contributed by atoms with Crippen molar-refractivity contribution in [1.82, 2.24) is 5.32 Å². The van der Waals surface area contributed by atoms with Gasteiger partial charge in [0.1, 0.15) is 0 Å². The Balaban J connectivity index is 2.13. The highest BCUT2D eigenvalue weighted by molar-refractivity contribution is 5.99. The van der Waals surface area contributed by atoms with Gasteiger partial charge in [-0.2, -0.15) is 0 Å². The fraction of sp³-hybridized carbons (Fsp3) is 0.562. The van der Waals surface area contributed by atoms with Crippen molar-refractivity contribution in [2.75, 3.05) is 6.54 Å². The molecule has 0 aliphatic carbocycles. The van der Waals surface area contributed by atoms with Gasteiger partial charge in [-0.15, -0.1) is 0 Å². The predicted molar refractivity (Wildman–Crippen MR) is 75.2 cm³/mol. The molecule has 18 heavy (non-hydrogen) atoms. The molecule has 0 saturated carbocycles. The molecule has 1 aromatic carbocycles. The zero-order chi connectivity index (χ0) is 13.1. The Hall–Kier alpha value is -1.15. The van der Waals surface area contributed by atoms with E-state index < -0.39 is 0 Å². The van der Waals surface area contributed by atoms with Gasteiger partial charge in [0, 0.05) is 18.0 Å². The molecule has 0 aromatic heterocycles. The van der Waals surface area contributed by atoms with Crippen LogP contribution in [-0.2, 0) is 0 Å². The highest BCUT2D eigenvalue weighted by Gasteiger charge is 2.19. The standard InChI is InChI=1S/C16H23NO/c1-11-8-12(2)16(13(3)9-11)15(18)10-14-6-4-5-7-17-14/h8-9,14,17H,4-7,10H2,1-3H3. The lowest BCUT2D eigenvalue weighted by molar-refractivity contribution is 0.0962. The number of hydrogen-bond acceptors (Lipinski definition) is 2. The van der Waals surface area contributed by atoms with E-state index in [0.29, 0.717) is 18.2 Å². The predicted octanol–water partition coefficient (Wildman–Crippen LogP) is 3.33. The summed E-state index contributed by atoms with van der Waals surface area (Å²) in [7, 11) is 0. The second kappa shape index (κ2) is 5.66. The molecule has 1 fully saturated rings. The van der Waals surface area contributed by atoms with Crippen molar-refractivity contribution in [1.29, 1.82) is 0 Å². The molecule has 1 saturated heterocycles. The number of carbonyl (C=O) groups excluding carboxylic acids is 1. The number of carbonyl (C=O) groups is 1. The first-order valence-corrected chi connectivity index (χ1v) is 6.92. The van der Waals surface area contributed by atoms with Crippen molar-refractivity contribution in [2.45, 2.75) is 52.5 Å². The first-order valence-electron chi connectivity index (χ1n) is 6.92. The maximum absolute atomic E-state index is 12.4. The minimum absolute atomic E-state index is 0.296. The minimum Gasteiger partial charge on any atom is -0.314 e. The van der Waals surface area contributed by atoms with Gasteiger partial charge in [-0.3, -0.25) is 4.79 Å². The Kier molecular flexibility index (Phi) is 4.18. The zero-order valence-electron chi connectivity index (χ0n) is 11.7. The van der Waals surface area contributed by atoms with Crippen molar-refractivity contribution in [3.63, 3.8) is 0 Å². The second-order valence-electron chi connectivity index (χ2n) is 5.55. The van der Waals surface area contributed by atoms with Crippen LogP contribution < -0.4 is 5.32 Å². The molecule has 1 aliphatic rings. The number of hydrogen-bond donors (Lipinski definition) is 1. The lowest BCUT2D eigenvalue weighted by Gasteiger charge is -2.23. The normalized spacial score (nSPS) is 19.8. The number of nitrogens with one attached hydrogen (secondary N) is 1. The number of aryl methyl sites for hydroxylation is 3. The average molecular weight is 245 g/mol. The van der Waals surface area contributed by atoms with Crippen LogP contribution in [0, 0.1) is 20.8 Å². The van der Waals surface area contributed by atoms with Crippen LogP contribution in [0.25, 0.3) is 0 Å². The van der Waals surface area contributed by atoms with Gasteiger partial charge in [-0.25, -0.2) is 0 Å². The zero-order valence-corrected chi connectivity index (χ0v) is 11.7. The van der Waals surface area contributed by atoms with Gasteiger partial charge >= 0.3 is 0 Å². The van der Waals surface area contributed by atoms with Gasteiger partial charge in [0.25, 0.3) is 0 Å². The average Bonchev–Trinajstić information content (AvgIpc) is 2.28. The number of rotatable bonds is 3. The number of Topliss-reactive ketones (excluding diaryl/α,β-unsaturated/α-hetero) is 1. The van der Waals surface area contributed by atoms with E-state index in [1.165, 1.54) is 18.4 Å². The topological polar surface area (TPSA) is 29.1 Å². The van der Waals surface area contributed by atoms with E-state index in [1.54, 1.807) is 0 Å². The van der Waals surface area contributed by atoms with Gasteiger partial charge in [0.2, 0.25) is 0 Å². The van der Waals surface area contributed by atoms with Gasteiger partial charge in [-0.05, 0) is 51.3 Å². The molecule has 98 valence electrons. The molecule has 1 N–H and O–H groups in total. The molecule has 1 aliphatic heterocycles. The molecular weight excluding hydrogens is 222 g/mol. The molecular formula is C16H23NO. The minimum atomic E-state index is 0.296. The molecule has 0 spiro atoms. The summed E-state index contributed by atoms with van der Waals surface area (Å²) in [6.07, 6.45) is 4.27. The molecule has 0 bridgehead atoms. The van der Waals surface area contributed by atoms with Crippen molar-refractivity contribution >= 4 is 5.78 Å². The van der Waals surface area contributed by atoms with Gasteiger partial charge in [0.15, 0.2) is 5.78 Å². The van der Waals surface area contributed by atoms with E-state index in [1.807, 2.05) is 13.8 Å². The fourth-order valence-electron chi connectivity index (χ4n) is 3.04. The monoisotopic (exact) mass is 245 g/mol. The van der Waals surface area contributed by atoms with Crippen LogP contribution in [-0.4, -0.2) is 18.4 Å². The Morgan fingerprint density at radius 1 is 1.22 bits per heavy atom. The summed E-state index contributed by atoms with van der Waals surface area (Å²) in [4.78, 5) is 12.4. The molecule has 2 nitrogen and oxygen atoms in total. The summed E-state index contributed by atoms with van der Waals surface area (Å²) in [5.74, 6) is 0.296. The lowest BCUT2D eigenvalue weighted by Crippen LogP contribution is -2.35. The maximum Gasteiger partial charge on any atom is 0.164 e. The van der Waals surface area contributed by atoms with Crippen molar-refractivity contribution in [3.8, 4) is 0 Å². The molecule has 1 heterocycles. The summed E-state index contributed by atoms with van der Waals surface area (Å²) < 4.78 is 0. The van der Waals surface area contributed by atoms with Crippen LogP contribution in [0.3, 0.4) is 0 Å². The molecule has 1 unspecified atom stereocenters. The quantitative estimate of drug-likeness (QED) is 0.828. The Morgan fingerprint density at radius 2 is 1.89 bits per heavy atom. The Morgan fingerprint density at radius 3 is 2.44 bits per heavy atom. The van der Waals surface area contributed by atoms with Crippen molar-refractivity contribution < 1.29 is 4.79 Å². The Bertz CT molecular complexity index is 421. The van der Waals surface area contributed by atoms with Crippen LogP contribution in [0.4, 0.5) is 0 Å². The Labute approximate surface area is 110 Å². The summed E-state index contributed by atoms with van der Waals surface area (Å²) in [6.45, 7) is 7.23. The lowest BCUT2D eigenvalue weighted by atomic mass is 9.91. The maximum atomic E-state index is 12.4. The van der Waals surface area contributed by atoms with E-state index in [4.69, 9.17) is 0 Å². The molecule has 1 aromatic rings. The van der Waals surface area contributed by atoms with E-state index in [2.05, 4.69) is 24.4 Å². The molecule has 0 amide bonds. The highest BCUT2D eigenvalue weighted by Crippen LogP contribution is 2.20. The molecule has 0 radical (unpaired) electrons. The number of benzene rings is 1. The molecule has 2 rings (SSSR count). The van der Waals surface area contributed by atoms with Crippen molar-refractivity contribution in [2.24, 2.45) is 0 Å². The van der Waals surface area contributed by atoms with E-state index >= 15 is 0 Å². The summed E-state index contributed by atoms with van der Waals surface area (Å²) in [5, 5.41) is 3.45. The van der Waals surface area contributed by atoms with E-state index in [9.17, 15) is 4.79 Å². The first-order chi connectivity index (χ1) is 8.58. The SMILES string of the molecule is Cc1cc(C)c(C(=O)CC2CCCCN2)c(C)c1. The second-order valence-corrected chi connectivity index (χ2v) is 5.55. The third-order valence-corrected chi connectivity index (χ3v) is 3.80. The largest absolute Gasteiger partial charge is 0.314 e. The summed E-state index contributed by atoms with van der Waals surface area (Å²) >= 11 is 0. The van der Waals surface area contributed by atoms with E-state index in [0.717, 1.165) is 29.7 Å². The van der Waals surface area contributed by atoms with Crippen LogP contribution in [0.2, 0.25) is 0 Å². The third-order valence-electron chi connectivity index (χ3n) is 3.80. The smallest absolute Gasteiger partial charge is 0.164 e. The van der Waals surface area contributed by atoms with Crippen LogP contribution in [0.1, 0.15) is 52.7 Å². The van der Waals surface area contributed by atoms with Crippen LogP contribution in [0.5, 0.6) is 0 Å². The molecule has 1 atom stereocenters. The van der Waals surface area contributed by atoms with Gasteiger partial charge in [-0.1, -0.05) is 24.1 Å². The number of piperidine rings is 1. The van der Waals surface area contributed by atoms with Gasteiger partial charge in [0.05, 0.1) is 0 Å². The third kappa shape index (κ3) is 2.99. The molecule has 2 heteroatoms. The summed E-state index contributed by atoms with van der Waals surface area (Å²) in [6, 6.07) is 4.59. The van der Waals surface area contributed by atoms with E-state index in [-0.39, 0.29) is 0 Å². The van der Waals surface area contributed by atoms with Crippen molar-refractivity contribution in [3.05, 3.63) is 34.4 Å². The van der Waals surface area contributed by atoms with Gasteiger partial charge < -0.3 is 5.32 Å². The first kappa shape index (κ1) is 13.3. The highest BCUT2D eigenvalue weighted by atomic mass is 16.1. The fourth-order valence-corrected chi connectivity index (χ4v) is 3.04. The van der Waals surface area contributed by atoms with Crippen LogP contribution in [0.15, 0.2) is 12.1 Å². The summed E-state index contributed by atoms with van der Waals surface area (Å²) in [5.41, 5.74) is 4.41. The van der Waals surface area contributed by atoms with Crippen LogP contribution >= 0.6 is 0 Å². The number of ketones is 1.